The minimum atomic E-state index is 0.0568. The molecule has 18 heavy (non-hydrogen) atoms. The maximum atomic E-state index is 11.7. The molecule has 0 spiro atoms. The first-order valence-electron chi connectivity index (χ1n) is 6.05. The third-order valence-electron chi connectivity index (χ3n) is 3.38. The van der Waals surface area contributed by atoms with Gasteiger partial charge in [-0.15, -0.1) is 0 Å². The average molecular weight is 268 g/mol. The number of nitrogens with two attached hydrogens (primary N) is 1. The first-order chi connectivity index (χ1) is 8.61. The monoisotopic (exact) mass is 267 g/mol. The van der Waals surface area contributed by atoms with E-state index in [0.29, 0.717) is 18.1 Å². The quantitative estimate of drug-likeness (QED) is 0.893. The largest absolute Gasteiger partial charge is 0.343 e. The lowest BCUT2D eigenvalue weighted by atomic mass is 10.0. The number of carbonyl (C=O) groups excluding carboxylic acids is 1. The summed E-state index contributed by atoms with van der Waals surface area (Å²) in [5.41, 5.74) is 6.93. The Kier molecular flexibility index (Phi) is 4.22. The minimum Gasteiger partial charge on any atom is -0.343 e. The van der Waals surface area contributed by atoms with Crippen molar-refractivity contribution in [3.8, 4) is 0 Å². The van der Waals surface area contributed by atoms with E-state index in [2.05, 4.69) is 4.90 Å². The molecule has 0 bridgehead atoms. The standard InChI is InChI=1S/C13H18ClN3O/c1-16-5-6-17(9-13(16)18)12(8-15)10-3-2-4-11(14)7-10/h2-4,7,12H,5-6,8-9,15H2,1H3. The summed E-state index contributed by atoms with van der Waals surface area (Å²) in [6.45, 7) is 2.49. The second kappa shape index (κ2) is 5.69. The number of nitrogens with zero attached hydrogens (tertiary/aromatic N) is 2. The van der Waals surface area contributed by atoms with Gasteiger partial charge in [-0.25, -0.2) is 0 Å². The van der Waals surface area contributed by atoms with Crippen molar-refractivity contribution < 1.29 is 4.79 Å². The van der Waals surface area contributed by atoms with Crippen molar-refractivity contribution >= 4 is 17.5 Å². The van der Waals surface area contributed by atoms with Crippen LogP contribution < -0.4 is 5.73 Å². The molecule has 0 aliphatic carbocycles. The summed E-state index contributed by atoms with van der Waals surface area (Å²) >= 11 is 6.00. The predicted molar refractivity (Wildman–Crippen MR) is 72.5 cm³/mol. The highest BCUT2D eigenvalue weighted by Gasteiger charge is 2.27. The van der Waals surface area contributed by atoms with Crippen LogP contribution in [0, 0.1) is 0 Å². The number of rotatable bonds is 3. The molecule has 1 aromatic carbocycles. The van der Waals surface area contributed by atoms with Gasteiger partial charge in [0, 0.05) is 37.7 Å². The maximum absolute atomic E-state index is 11.7. The Morgan fingerprint density at radius 3 is 2.83 bits per heavy atom. The van der Waals surface area contributed by atoms with Gasteiger partial charge in [0.15, 0.2) is 0 Å². The zero-order chi connectivity index (χ0) is 13.1. The Bertz CT molecular complexity index is 438. The molecule has 1 aliphatic rings. The molecule has 1 saturated heterocycles. The van der Waals surface area contributed by atoms with Gasteiger partial charge >= 0.3 is 0 Å². The van der Waals surface area contributed by atoms with E-state index in [1.165, 1.54) is 0 Å². The molecule has 2 rings (SSSR count). The molecule has 1 fully saturated rings. The Hall–Kier alpha value is -1.10. The Morgan fingerprint density at radius 1 is 1.44 bits per heavy atom. The smallest absolute Gasteiger partial charge is 0.236 e. The SMILES string of the molecule is CN1CCN(C(CN)c2cccc(Cl)c2)CC1=O. The summed E-state index contributed by atoms with van der Waals surface area (Å²) in [7, 11) is 1.83. The van der Waals surface area contributed by atoms with Crippen LogP contribution in [-0.2, 0) is 4.79 Å². The van der Waals surface area contributed by atoms with E-state index >= 15 is 0 Å². The molecule has 1 aliphatic heterocycles. The summed E-state index contributed by atoms with van der Waals surface area (Å²) in [5.74, 6) is 0.140. The molecule has 98 valence electrons. The van der Waals surface area contributed by atoms with Crippen LogP contribution in [0.3, 0.4) is 0 Å². The van der Waals surface area contributed by atoms with Crippen molar-refractivity contribution in [1.82, 2.24) is 9.80 Å². The first kappa shape index (κ1) is 13.3. The van der Waals surface area contributed by atoms with Crippen LogP contribution in [0.2, 0.25) is 5.02 Å². The zero-order valence-corrected chi connectivity index (χ0v) is 11.2. The Balaban J connectivity index is 2.16. The molecule has 5 heteroatoms. The van der Waals surface area contributed by atoms with E-state index in [9.17, 15) is 4.79 Å². The van der Waals surface area contributed by atoms with Crippen LogP contribution in [0.25, 0.3) is 0 Å². The average Bonchev–Trinajstić information content (AvgIpc) is 2.35. The van der Waals surface area contributed by atoms with Crippen molar-refractivity contribution in [3.05, 3.63) is 34.9 Å². The lowest BCUT2D eigenvalue weighted by molar-refractivity contribution is -0.135. The summed E-state index contributed by atoms with van der Waals surface area (Å²) in [4.78, 5) is 15.6. The van der Waals surface area contributed by atoms with Crippen molar-refractivity contribution in [2.24, 2.45) is 5.73 Å². The molecular formula is C13H18ClN3O. The predicted octanol–water partition coefficient (Wildman–Crippen LogP) is 1.11. The molecule has 1 heterocycles. The molecule has 4 nitrogen and oxygen atoms in total. The van der Waals surface area contributed by atoms with E-state index in [1.54, 1.807) is 4.90 Å². The lowest BCUT2D eigenvalue weighted by Crippen LogP contribution is -2.50. The fraction of sp³-hybridized carbons (Fsp3) is 0.462. The topological polar surface area (TPSA) is 49.6 Å². The normalized spacial score (nSPS) is 19.1. The number of likely N-dealkylation sites (N-methyl/N-ethyl adjacent to an activating group) is 1. The maximum Gasteiger partial charge on any atom is 0.236 e. The molecule has 1 atom stereocenters. The minimum absolute atomic E-state index is 0.0568. The number of hydrogen-bond donors (Lipinski definition) is 1. The van der Waals surface area contributed by atoms with Gasteiger partial charge < -0.3 is 10.6 Å². The van der Waals surface area contributed by atoms with E-state index in [-0.39, 0.29) is 11.9 Å². The molecule has 1 aromatic rings. The van der Waals surface area contributed by atoms with Crippen LogP contribution in [0.1, 0.15) is 11.6 Å². The van der Waals surface area contributed by atoms with Crippen LogP contribution in [0.4, 0.5) is 0 Å². The third-order valence-corrected chi connectivity index (χ3v) is 3.62. The lowest BCUT2D eigenvalue weighted by Gasteiger charge is -2.37. The second-order valence-corrected chi connectivity index (χ2v) is 5.03. The molecular weight excluding hydrogens is 250 g/mol. The molecule has 0 radical (unpaired) electrons. The van der Waals surface area contributed by atoms with Gasteiger partial charge in [0.2, 0.25) is 5.91 Å². The van der Waals surface area contributed by atoms with Gasteiger partial charge in [0.1, 0.15) is 0 Å². The van der Waals surface area contributed by atoms with E-state index < -0.39 is 0 Å². The van der Waals surface area contributed by atoms with Gasteiger partial charge in [-0.05, 0) is 17.7 Å². The van der Waals surface area contributed by atoms with Gasteiger partial charge in [-0.3, -0.25) is 9.69 Å². The second-order valence-electron chi connectivity index (χ2n) is 4.59. The number of halogens is 1. The van der Waals surface area contributed by atoms with Gasteiger partial charge in [0.05, 0.1) is 6.54 Å². The van der Waals surface area contributed by atoms with E-state index in [1.807, 2.05) is 31.3 Å². The van der Waals surface area contributed by atoms with Gasteiger partial charge in [-0.1, -0.05) is 23.7 Å². The molecule has 2 N–H and O–H groups in total. The number of amides is 1. The summed E-state index contributed by atoms with van der Waals surface area (Å²) in [6, 6.07) is 7.74. The number of carbonyl (C=O) groups is 1. The van der Waals surface area contributed by atoms with Crippen molar-refractivity contribution in [2.45, 2.75) is 6.04 Å². The summed E-state index contributed by atoms with van der Waals surface area (Å²) < 4.78 is 0. The zero-order valence-electron chi connectivity index (χ0n) is 10.5. The molecule has 1 unspecified atom stereocenters. The highest BCUT2D eigenvalue weighted by Crippen LogP contribution is 2.23. The summed E-state index contributed by atoms with van der Waals surface area (Å²) in [5, 5.41) is 0.700. The van der Waals surface area contributed by atoms with Crippen molar-refractivity contribution in [1.29, 1.82) is 0 Å². The highest BCUT2D eigenvalue weighted by molar-refractivity contribution is 6.30. The number of hydrogen-bond acceptors (Lipinski definition) is 3. The van der Waals surface area contributed by atoms with Crippen LogP contribution in [0.5, 0.6) is 0 Å². The number of benzene rings is 1. The fourth-order valence-corrected chi connectivity index (χ4v) is 2.45. The molecule has 0 saturated carbocycles. The number of piperazine rings is 1. The van der Waals surface area contributed by atoms with E-state index in [0.717, 1.165) is 18.7 Å². The van der Waals surface area contributed by atoms with Gasteiger partial charge in [0.25, 0.3) is 0 Å². The van der Waals surface area contributed by atoms with Crippen molar-refractivity contribution in [3.63, 3.8) is 0 Å². The first-order valence-corrected chi connectivity index (χ1v) is 6.43. The van der Waals surface area contributed by atoms with Crippen LogP contribution in [-0.4, -0.2) is 48.9 Å². The molecule has 1 amide bonds. The fourth-order valence-electron chi connectivity index (χ4n) is 2.25. The van der Waals surface area contributed by atoms with Crippen LogP contribution >= 0.6 is 11.6 Å². The van der Waals surface area contributed by atoms with Crippen LogP contribution in [0.15, 0.2) is 24.3 Å². The summed E-state index contributed by atoms with van der Waals surface area (Å²) in [6.07, 6.45) is 0. The van der Waals surface area contributed by atoms with E-state index in [4.69, 9.17) is 17.3 Å². The molecule has 0 aromatic heterocycles. The third kappa shape index (κ3) is 2.83. The van der Waals surface area contributed by atoms with Crippen molar-refractivity contribution in [2.75, 3.05) is 33.2 Å². The Morgan fingerprint density at radius 2 is 2.22 bits per heavy atom. The highest BCUT2D eigenvalue weighted by atomic mass is 35.5. The van der Waals surface area contributed by atoms with Gasteiger partial charge in [-0.2, -0.15) is 0 Å². The Labute approximate surface area is 112 Å².